The molecule has 4 fully saturated rings. The van der Waals surface area contributed by atoms with Crippen LogP contribution in [0.2, 0.25) is 0 Å². The van der Waals surface area contributed by atoms with Crippen molar-refractivity contribution in [2.45, 2.75) is 191 Å². The zero-order valence-corrected chi connectivity index (χ0v) is 41.3. The van der Waals surface area contributed by atoms with Crippen LogP contribution in [0.5, 0.6) is 0 Å². The summed E-state index contributed by atoms with van der Waals surface area (Å²) in [5, 5.41) is 23.8. The average Bonchev–Trinajstić information content (AvgIpc) is 3.60. The molecule has 1 unspecified atom stereocenters. The van der Waals surface area contributed by atoms with Crippen molar-refractivity contribution in [1.29, 1.82) is 0 Å². The van der Waals surface area contributed by atoms with Gasteiger partial charge in [-0.2, -0.15) is 0 Å². The van der Waals surface area contributed by atoms with Gasteiger partial charge in [0.25, 0.3) is 0 Å². The van der Waals surface area contributed by atoms with E-state index in [4.69, 9.17) is 47.4 Å². The van der Waals surface area contributed by atoms with Crippen molar-refractivity contribution in [2.24, 2.45) is 23.7 Å². The van der Waals surface area contributed by atoms with Gasteiger partial charge in [0.05, 0.1) is 61.6 Å². The number of esters is 1. The number of sulfonamides is 1. The number of allylic oxidation sites excluding steroid dienone is 2. The third kappa shape index (κ3) is 11.0. The molecule has 3 N–H and O–H groups in total. The lowest BCUT2D eigenvalue weighted by Crippen LogP contribution is -2.59. The smallest absolute Gasteiger partial charge is 0.316 e. The Balaban J connectivity index is 1.16. The number of ether oxygens (including phenoxy) is 10. The van der Waals surface area contributed by atoms with Crippen molar-refractivity contribution in [3.8, 4) is 0 Å². The first kappa shape index (κ1) is 51.5. The second-order valence-electron chi connectivity index (χ2n) is 19.9. The number of carbonyl (C=O) groups is 1. The van der Waals surface area contributed by atoms with E-state index in [9.17, 15) is 23.4 Å². The van der Waals surface area contributed by atoms with Crippen molar-refractivity contribution >= 4 is 16.0 Å². The summed E-state index contributed by atoms with van der Waals surface area (Å²) in [5.41, 5.74) is 0.0630. The van der Waals surface area contributed by atoms with Crippen LogP contribution < -0.4 is 4.72 Å². The molecule has 66 heavy (non-hydrogen) atoms. The predicted octanol–water partition coefficient (Wildman–Crippen LogP) is 4.93. The Hall–Kier alpha value is -2.36. The second kappa shape index (κ2) is 20.9. The summed E-state index contributed by atoms with van der Waals surface area (Å²) in [6, 6.07) is -0.585. The quantitative estimate of drug-likeness (QED) is 0.197. The van der Waals surface area contributed by atoms with Crippen LogP contribution in [0.1, 0.15) is 93.9 Å². The molecule has 0 radical (unpaired) electrons. The van der Waals surface area contributed by atoms with E-state index >= 15 is 0 Å². The van der Waals surface area contributed by atoms with Gasteiger partial charge in [-0.15, -0.1) is 0 Å². The van der Waals surface area contributed by atoms with Crippen LogP contribution in [0.3, 0.4) is 0 Å². The van der Waals surface area contributed by atoms with Crippen molar-refractivity contribution in [3.63, 3.8) is 0 Å². The van der Waals surface area contributed by atoms with Gasteiger partial charge >= 0.3 is 5.97 Å². The molecule has 7 aliphatic rings. The van der Waals surface area contributed by atoms with Crippen LogP contribution in [0.4, 0.5) is 0 Å². The normalized spacial score (nSPS) is 47.1. The highest BCUT2D eigenvalue weighted by Crippen LogP contribution is 2.47. The lowest BCUT2D eigenvalue weighted by atomic mass is 9.71. The monoisotopic (exact) mass is 949 g/mol. The fraction of sp³-hybridized carbons (Fsp3) is 0.776. The van der Waals surface area contributed by atoms with Crippen LogP contribution in [0.25, 0.3) is 0 Å². The highest BCUT2D eigenvalue weighted by molar-refractivity contribution is 7.88. The van der Waals surface area contributed by atoms with E-state index in [1.807, 2.05) is 39.0 Å². The highest BCUT2D eigenvalue weighted by Gasteiger charge is 2.60. The predicted molar refractivity (Wildman–Crippen MR) is 243 cm³/mol. The fourth-order valence-electron chi connectivity index (χ4n) is 11.0. The van der Waals surface area contributed by atoms with Gasteiger partial charge in [0.2, 0.25) is 10.0 Å². The van der Waals surface area contributed by atoms with E-state index in [-0.39, 0.29) is 43.3 Å². The average molecular weight is 950 g/mol. The fourth-order valence-corrected chi connectivity index (χ4v) is 11.8. The van der Waals surface area contributed by atoms with Gasteiger partial charge in [-0.25, -0.2) is 13.1 Å². The van der Waals surface area contributed by atoms with Crippen molar-refractivity contribution < 1.29 is 70.8 Å². The first-order valence-electron chi connectivity index (χ1n) is 23.8. The molecule has 17 heteroatoms. The topological polar surface area (TPSA) is 196 Å². The summed E-state index contributed by atoms with van der Waals surface area (Å²) in [4.78, 5) is 14.4. The number of nitrogens with one attached hydrogen (secondary N) is 1. The van der Waals surface area contributed by atoms with Crippen molar-refractivity contribution in [2.75, 3.05) is 27.1 Å². The van der Waals surface area contributed by atoms with E-state index in [0.717, 1.165) is 18.2 Å². The zero-order chi connectivity index (χ0) is 47.9. The number of carbonyl (C=O) groups excluding carboxylic acids is 1. The van der Waals surface area contributed by atoms with Crippen LogP contribution >= 0.6 is 0 Å². The summed E-state index contributed by atoms with van der Waals surface area (Å²) in [7, 11) is -0.352. The van der Waals surface area contributed by atoms with Gasteiger partial charge in [-0.3, -0.25) is 4.79 Å². The maximum Gasteiger partial charge on any atom is 0.316 e. The minimum atomic E-state index is -3.51. The molecular weight excluding hydrogens is 875 g/mol. The molecule has 0 aromatic carbocycles. The van der Waals surface area contributed by atoms with E-state index in [0.29, 0.717) is 30.4 Å². The standard InChI is InChI=1S/C49H75NO15S/c1-12-26(2)44-29(5)18-19-48(65-44)24-35-21-34(64-48)17-16-28(4)43(27(3)14-13-15-33-25-58-46-42(51)30(6)20-36(47(52)61-35)49(33,46)53)62-40-23-38(57-10)45(32(8)60-40)63-39-22-37(56-9)41(31(7)59-39)50-66(11,54)55/h13-16,18-20,26-27,29,31-32,34-46,50-51,53H,12,17,21-25H2,1-11H3/b14-13+,28-16+,33-15+/t26?,27-,29-,31-,32-,34+,35-,36-,37-,38-,39-,40-,41+,42+,43-,44+,45-,46+,48+,49+/m0/s1. The minimum absolute atomic E-state index is 0.0154. The third-order valence-electron chi connectivity index (χ3n) is 14.9. The maximum atomic E-state index is 14.4. The highest BCUT2D eigenvalue weighted by atomic mass is 32.2. The minimum Gasteiger partial charge on any atom is -0.462 e. The Morgan fingerprint density at radius 3 is 2.32 bits per heavy atom. The van der Waals surface area contributed by atoms with Gasteiger partial charge in [-0.1, -0.05) is 70.6 Å². The molecule has 0 aromatic rings. The van der Waals surface area contributed by atoms with E-state index in [1.54, 1.807) is 33.1 Å². The Kier molecular flexibility index (Phi) is 16.3. The molecule has 6 heterocycles. The number of hydrogen-bond acceptors (Lipinski definition) is 15. The SMILES string of the molecule is CCC(C)[C@H]1O[C@]2(C=C[C@@H]1C)C[C@@H]1C[C@@H](C/C=C(\C)[C@@H](O[C@H]3C[C@H](OC)[C@@H](O[C@H]4C[C@H](OC)[C@H](NS(C)(=O)=O)[C@H](C)O4)[C@H](C)O3)[C@@H](C)/C=C/C=C3\CO[C@@H]4[C@H](O)C(C)=C[C@@H](C(=O)O1)[C@]34O)O2. The molecule has 1 spiro atoms. The molecule has 0 aromatic heterocycles. The molecule has 0 saturated carbocycles. The van der Waals surface area contributed by atoms with Crippen LogP contribution in [0.15, 0.2) is 59.3 Å². The number of fused-ring (bicyclic) bond motifs is 2. The number of methoxy groups -OCH3 is 2. The van der Waals surface area contributed by atoms with Gasteiger partial charge in [0, 0.05) is 51.7 Å². The molecule has 2 bridgehead atoms. The Labute approximate surface area is 391 Å². The summed E-state index contributed by atoms with van der Waals surface area (Å²) in [6.45, 7) is 16.0. The summed E-state index contributed by atoms with van der Waals surface area (Å²) >= 11 is 0. The molecular formula is C49H75NO15S. The van der Waals surface area contributed by atoms with E-state index < -0.39 is 113 Å². The molecule has 372 valence electrons. The second-order valence-corrected chi connectivity index (χ2v) is 21.7. The first-order valence-corrected chi connectivity index (χ1v) is 25.7. The summed E-state index contributed by atoms with van der Waals surface area (Å²) < 4.78 is 91.0. The van der Waals surface area contributed by atoms with Crippen LogP contribution in [0, 0.1) is 23.7 Å². The Morgan fingerprint density at radius 2 is 1.62 bits per heavy atom. The van der Waals surface area contributed by atoms with Crippen molar-refractivity contribution in [1.82, 2.24) is 4.72 Å². The number of aliphatic hydroxyl groups excluding tert-OH is 1. The van der Waals surface area contributed by atoms with Crippen LogP contribution in [-0.2, 0) is 62.2 Å². The first-order chi connectivity index (χ1) is 31.2. The lowest BCUT2D eigenvalue weighted by Gasteiger charge is -2.48. The Bertz CT molecular complexity index is 1990. The van der Waals surface area contributed by atoms with Crippen molar-refractivity contribution in [3.05, 3.63) is 59.3 Å². The van der Waals surface area contributed by atoms with Gasteiger partial charge in [-0.05, 0) is 62.8 Å². The van der Waals surface area contributed by atoms with Gasteiger partial charge < -0.3 is 57.6 Å². The molecule has 4 saturated heterocycles. The molecule has 20 atom stereocenters. The zero-order valence-electron chi connectivity index (χ0n) is 40.5. The lowest BCUT2D eigenvalue weighted by molar-refractivity contribution is -0.311. The summed E-state index contributed by atoms with van der Waals surface area (Å²) in [6.07, 6.45) is 9.55. The molecule has 0 amide bonds. The van der Waals surface area contributed by atoms with E-state index in [2.05, 4.69) is 37.6 Å². The number of aliphatic hydroxyl groups is 2. The van der Waals surface area contributed by atoms with Gasteiger partial charge in [0.15, 0.2) is 18.4 Å². The largest absolute Gasteiger partial charge is 0.462 e. The molecule has 1 aliphatic carbocycles. The maximum absolute atomic E-state index is 14.4. The van der Waals surface area contributed by atoms with E-state index in [1.165, 1.54) is 7.11 Å². The summed E-state index contributed by atoms with van der Waals surface area (Å²) in [5.74, 6) is -2.67. The molecule has 16 nitrogen and oxygen atoms in total. The Morgan fingerprint density at radius 1 is 0.924 bits per heavy atom. The molecule has 6 aliphatic heterocycles. The number of hydrogen-bond donors (Lipinski definition) is 3. The van der Waals surface area contributed by atoms with Gasteiger partial charge in [0.1, 0.15) is 35.9 Å². The third-order valence-corrected chi connectivity index (χ3v) is 15.6. The molecule has 7 rings (SSSR count). The van der Waals surface area contributed by atoms with Crippen LogP contribution in [-0.4, -0.2) is 149 Å². The number of rotatable bonds is 10.